The molecule has 1 fully saturated rings. The van der Waals surface area contributed by atoms with Crippen LogP contribution in [-0.2, 0) is 20.9 Å². The topological polar surface area (TPSA) is 197 Å². The molecule has 2 heterocycles. The predicted molar refractivity (Wildman–Crippen MR) is 236 cm³/mol. The summed E-state index contributed by atoms with van der Waals surface area (Å²) in [6, 6.07) is 13.4. The number of carbonyl (C=O) groups is 5. The molecule has 1 unspecified atom stereocenters. The second-order valence-corrected chi connectivity index (χ2v) is 12.1. The van der Waals surface area contributed by atoms with E-state index < -0.39 is 35.1 Å². The lowest BCUT2D eigenvalue weighted by Crippen LogP contribution is -2.58. The number of hydrogen-bond acceptors (Lipinski definition) is 8. The third-order valence-corrected chi connectivity index (χ3v) is 7.73. The maximum atomic E-state index is 13.5. The largest absolute Gasteiger partial charge is 0.494 e. The number of rotatable bonds is 12. The Morgan fingerprint density at radius 3 is 1.83 bits per heavy atom. The number of aromatic nitrogens is 2. The van der Waals surface area contributed by atoms with Crippen LogP contribution in [0.4, 0.5) is 10.5 Å². The summed E-state index contributed by atoms with van der Waals surface area (Å²) in [7, 11) is 0. The molecule has 4 rings (SSSR count). The van der Waals surface area contributed by atoms with E-state index in [0.29, 0.717) is 30.6 Å². The minimum Gasteiger partial charge on any atom is -0.494 e. The number of urea groups is 1. The molecule has 1 aromatic heterocycles. The first kappa shape index (κ1) is 54.8. The Labute approximate surface area is 348 Å². The highest BCUT2D eigenvalue weighted by Crippen LogP contribution is 2.28. The first-order chi connectivity index (χ1) is 28.3. The predicted octanol–water partition coefficient (Wildman–Crippen LogP) is 8.73. The summed E-state index contributed by atoms with van der Waals surface area (Å²) in [6.07, 6.45) is 12.0. The van der Waals surface area contributed by atoms with Gasteiger partial charge in [-0.05, 0) is 68.7 Å². The molecule has 59 heavy (non-hydrogen) atoms. The molecule has 1 saturated heterocycles. The first-order valence-electron chi connectivity index (χ1n) is 19.9. The molecule has 0 radical (unpaired) electrons. The molecular weight excluding hydrogens is 757 g/mol. The zero-order valence-corrected chi connectivity index (χ0v) is 36.3. The van der Waals surface area contributed by atoms with Crippen molar-refractivity contribution in [1.29, 1.82) is 0 Å². The third kappa shape index (κ3) is 16.6. The van der Waals surface area contributed by atoms with Crippen LogP contribution < -0.4 is 16.1 Å². The molecule has 3 N–H and O–H groups in total. The van der Waals surface area contributed by atoms with Gasteiger partial charge in [0.25, 0.3) is 17.4 Å². The van der Waals surface area contributed by atoms with Gasteiger partial charge in [-0.1, -0.05) is 111 Å². The highest BCUT2D eigenvalue weighted by molar-refractivity contribution is 6.23. The highest BCUT2D eigenvalue weighted by Gasteiger charge is 2.40. The fraction of sp³-hybridized carbons (Fsp3) is 0.400. The van der Waals surface area contributed by atoms with Gasteiger partial charge in [-0.2, -0.15) is 0 Å². The number of nitrogens with zero attached hydrogens (tertiary/aromatic N) is 4. The summed E-state index contributed by atoms with van der Waals surface area (Å²) < 4.78 is 2.00. The van der Waals surface area contributed by atoms with E-state index in [1.807, 2.05) is 61.3 Å². The molecule has 2 aromatic carbocycles. The van der Waals surface area contributed by atoms with E-state index in [4.69, 9.17) is 14.7 Å². The minimum atomic E-state index is -1.14. The first-order valence-corrected chi connectivity index (χ1v) is 19.9. The molecule has 14 heteroatoms. The van der Waals surface area contributed by atoms with Crippen molar-refractivity contribution in [3.63, 3.8) is 0 Å². The quantitative estimate of drug-likeness (QED) is 0.117. The van der Waals surface area contributed by atoms with E-state index in [-0.39, 0.29) is 35.3 Å². The van der Waals surface area contributed by atoms with Crippen LogP contribution in [0.3, 0.4) is 0 Å². The number of anilines is 1. The van der Waals surface area contributed by atoms with Crippen molar-refractivity contribution in [2.75, 3.05) is 11.4 Å². The average molecular weight is 821 g/mol. The Morgan fingerprint density at radius 2 is 1.34 bits per heavy atom. The smallest absolute Gasteiger partial charge is 0.338 e. The van der Waals surface area contributed by atoms with Crippen molar-refractivity contribution in [2.24, 2.45) is 0 Å². The number of carboxylic acids is 2. The van der Waals surface area contributed by atoms with Gasteiger partial charge < -0.3 is 25.0 Å². The number of aliphatic carboxylic acids is 1. The number of carbonyl (C=O) groups excluding carboxylic acids is 3. The monoisotopic (exact) mass is 820 g/mol. The number of aromatic hydroxyl groups is 1. The molecule has 14 nitrogen and oxygen atoms in total. The summed E-state index contributed by atoms with van der Waals surface area (Å²) >= 11 is 0. The lowest BCUT2D eigenvalue weighted by Gasteiger charge is -2.40. The highest BCUT2D eigenvalue weighted by atomic mass is 16.4. The van der Waals surface area contributed by atoms with Gasteiger partial charge in [-0.25, -0.2) is 23.9 Å². The number of amides is 3. The van der Waals surface area contributed by atoms with Crippen molar-refractivity contribution >= 4 is 42.4 Å². The van der Waals surface area contributed by atoms with Crippen molar-refractivity contribution in [1.82, 2.24) is 14.0 Å². The second kappa shape index (κ2) is 30.8. The minimum absolute atomic E-state index is 0.00190. The molecule has 3 aromatic rings. The molecule has 324 valence electrons. The summed E-state index contributed by atoms with van der Waals surface area (Å²) in [5.74, 6) is -2.82. The van der Waals surface area contributed by atoms with Crippen LogP contribution in [0.15, 0.2) is 94.1 Å². The van der Waals surface area contributed by atoms with Crippen molar-refractivity contribution in [2.45, 2.75) is 114 Å². The third-order valence-electron chi connectivity index (χ3n) is 7.73. The van der Waals surface area contributed by atoms with Crippen molar-refractivity contribution in [3.8, 4) is 11.6 Å². The SMILES string of the molecule is C=O.CC.CC.CC(=O)O.CCC.CCCCN1C(=O)N(c2ccccc2)C(=O)/C(=C/C/C=C/C=C/c2c(O)n(CCC)c(=O)n(-c3ccc(C(=O)O)cc3)c2=O)C1C. The van der Waals surface area contributed by atoms with E-state index in [0.717, 1.165) is 28.9 Å². The Hall–Kier alpha value is -6.31. The summed E-state index contributed by atoms with van der Waals surface area (Å²) in [6.45, 7) is 21.7. The standard InChI is InChI=1S/C35H38N4O7.C3H8.C2H4O2.2C2H6.CH2O/c1-4-6-23-36-24(3)28(31(41)38(34(36)45)26-14-10-9-11-15-26)16-12-7-8-13-17-29-30(40)37(22-5-2)35(46)39(32(29)42)27-20-18-25(19-21-27)33(43)44;1-3-2;1-2(3)4;3*1-2/h7-11,13-21,24,40H,4-6,12,22-23H2,1-3H3,(H,43,44);3H2,1-2H3;1H3,(H,3,4);2*1-2H3;1H2/b8-7+,17-13+,28-16+;;;;;. The molecular formula is C45H64N4O10. The lowest BCUT2D eigenvalue weighted by atomic mass is 10.00. The maximum Gasteiger partial charge on any atom is 0.338 e. The molecule has 0 bridgehead atoms. The van der Waals surface area contributed by atoms with Crippen LogP contribution in [0, 0.1) is 0 Å². The number of aromatic carboxylic acids is 1. The fourth-order valence-corrected chi connectivity index (χ4v) is 5.25. The lowest BCUT2D eigenvalue weighted by molar-refractivity contribution is -0.134. The van der Waals surface area contributed by atoms with Crippen LogP contribution >= 0.6 is 0 Å². The normalized spacial score (nSPS) is 13.7. The number of imide groups is 1. The molecule has 0 aliphatic carbocycles. The maximum absolute atomic E-state index is 13.5. The number of unbranched alkanes of at least 4 members (excludes halogenated alkanes) is 1. The van der Waals surface area contributed by atoms with E-state index >= 15 is 0 Å². The molecule has 1 aliphatic rings. The Balaban J connectivity index is 0. The number of hydrogen-bond donors (Lipinski definition) is 3. The van der Waals surface area contributed by atoms with E-state index in [9.17, 15) is 34.2 Å². The fourth-order valence-electron chi connectivity index (χ4n) is 5.25. The van der Waals surface area contributed by atoms with Crippen LogP contribution in [0.25, 0.3) is 11.8 Å². The van der Waals surface area contributed by atoms with Gasteiger partial charge in [0.2, 0.25) is 5.88 Å². The van der Waals surface area contributed by atoms with E-state index in [1.165, 1.54) is 41.7 Å². The summed E-state index contributed by atoms with van der Waals surface area (Å²) in [5.41, 5.74) is -0.445. The van der Waals surface area contributed by atoms with Crippen LogP contribution in [0.1, 0.15) is 117 Å². The Kier molecular flexibility index (Phi) is 28.6. The molecule has 1 atom stereocenters. The number of benzene rings is 2. The Morgan fingerprint density at radius 1 is 0.797 bits per heavy atom. The van der Waals surface area contributed by atoms with Crippen molar-refractivity contribution in [3.05, 3.63) is 116 Å². The van der Waals surface area contributed by atoms with Gasteiger partial charge >= 0.3 is 17.7 Å². The number of allylic oxidation sites excluding steroid dienone is 4. The number of para-hydroxylation sites is 1. The summed E-state index contributed by atoms with van der Waals surface area (Å²) in [4.78, 5) is 84.5. The van der Waals surface area contributed by atoms with E-state index in [2.05, 4.69) is 13.8 Å². The van der Waals surface area contributed by atoms with E-state index in [1.54, 1.807) is 53.5 Å². The van der Waals surface area contributed by atoms with Gasteiger partial charge in [0.05, 0.1) is 23.0 Å². The van der Waals surface area contributed by atoms with Gasteiger partial charge in [0, 0.05) is 25.6 Å². The van der Waals surface area contributed by atoms with Gasteiger partial charge in [0.1, 0.15) is 12.4 Å². The van der Waals surface area contributed by atoms with Crippen molar-refractivity contribution < 1.29 is 39.3 Å². The zero-order chi connectivity index (χ0) is 45.7. The molecule has 1 aliphatic heterocycles. The van der Waals surface area contributed by atoms with Crippen LogP contribution in [0.2, 0.25) is 0 Å². The average Bonchev–Trinajstić information content (AvgIpc) is 3.23. The van der Waals surface area contributed by atoms with Gasteiger partial charge in [0.15, 0.2) is 0 Å². The zero-order valence-electron chi connectivity index (χ0n) is 36.3. The Bertz CT molecular complexity index is 1940. The van der Waals surface area contributed by atoms with Crippen LogP contribution in [-0.4, -0.2) is 72.6 Å². The molecule has 3 amide bonds. The second-order valence-electron chi connectivity index (χ2n) is 12.1. The van der Waals surface area contributed by atoms with Gasteiger partial charge in [-0.15, -0.1) is 0 Å². The molecule has 0 saturated carbocycles. The number of carboxylic acid groups (broad SMARTS) is 2. The van der Waals surface area contributed by atoms with Crippen LogP contribution in [0.5, 0.6) is 5.88 Å². The van der Waals surface area contributed by atoms with Gasteiger partial charge in [-0.3, -0.25) is 19.0 Å². The summed E-state index contributed by atoms with van der Waals surface area (Å²) in [5, 5.41) is 27.5. The molecule has 0 spiro atoms.